The number of amides is 1. The van der Waals surface area contributed by atoms with E-state index in [1.807, 2.05) is 49.7 Å². The van der Waals surface area contributed by atoms with Gasteiger partial charge in [-0.05, 0) is 19.4 Å². The minimum Gasteiger partial charge on any atom is -0.305 e. The normalized spacial score (nSPS) is 10.8. The summed E-state index contributed by atoms with van der Waals surface area (Å²) in [7, 11) is 1.90. The van der Waals surface area contributed by atoms with Crippen molar-refractivity contribution in [3.63, 3.8) is 0 Å². The lowest BCUT2D eigenvalue weighted by atomic mass is 10.1. The van der Waals surface area contributed by atoms with Crippen molar-refractivity contribution in [3.8, 4) is 11.4 Å². The monoisotopic (exact) mass is 360 g/mol. The summed E-state index contributed by atoms with van der Waals surface area (Å²) in [5, 5.41) is 20.9. The number of nitrogens with one attached hydrogen (secondary N) is 1. The van der Waals surface area contributed by atoms with Gasteiger partial charge in [0, 0.05) is 12.6 Å². The molecule has 2 aromatic heterocycles. The van der Waals surface area contributed by atoms with Crippen molar-refractivity contribution in [2.45, 2.75) is 19.0 Å². The lowest BCUT2D eigenvalue weighted by Gasteiger charge is -2.06. The second-order valence-corrected chi connectivity index (χ2v) is 7.27. The molecule has 0 bridgehead atoms. The van der Waals surface area contributed by atoms with Crippen molar-refractivity contribution in [1.82, 2.24) is 25.0 Å². The average Bonchev–Trinajstić information content (AvgIpc) is 3.12. The van der Waals surface area contributed by atoms with E-state index < -0.39 is 0 Å². The number of hydrogen-bond donors (Lipinski definition) is 1. The highest BCUT2D eigenvalue weighted by Crippen LogP contribution is 2.25. The maximum atomic E-state index is 12.0. The van der Waals surface area contributed by atoms with Crippen LogP contribution < -0.4 is 5.32 Å². The minimum absolute atomic E-state index is 0.142. The Kier molecular flexibility index (Phi) is 4.91. The molecule has 1 amide bonds. The summed E-state index contributed by atoms with van der Waals surface area (Å²) in [6.45, 7) is 3.88. The maximum Gasteiger partial charge on any atom is 0.236 e. The standard InChI is InChI=1S/C15H16N6OS2/c1-9-6-4-5-7-11(9)13-18-20-15(21(13)3)23-8-12(22)16-14-19-17-10(2)24-14/h4-7H,8H2,1-3H3,(H,16,19,22). The van der Waals surface area contributed by atoms with Gasteiger partial charge in [-0.1, -0.05) is 47.4 Å². The van der Waals surface area contributed by atoms with Gasteiger partial charge in [0.2, 0.25) is 11.0 Å². The minimum atomic E-state index is -0.142. The van der Waals surface area contributed by atoms with Gasteiger partial charge in [-0.25, -0.2) is 0 Å². The maximum absolute atomic E-state index is 12.0. The van der Waals surface area contributed by atoms with Crippen LogP contribution in [0.15, 0.2) is 29.4 Å². The molecule has 0 unspecified atom stereocenters. The van der Waals surface area contributed by atoms with Gasteiger partial charge in [-0.15, -0.1) is 20.4 Å². The van der Waals surface area contributed by atoms with Gasteiger partial charge < -0.3 is 4.57 Å². The fraction of sp³-hybridized carbons (Fsp3) is 0.267. The predicted octanol–water partition coefficient (Wildman–Crippen LogP) is 2.68. The molecule has 1 aromatic carbocycles. The SMILES string of the molecule is Cc1nnc(NC(=O)CSc2nnc(-c3ccccc3C)n2C)s1. The van der Waals surface area contributed by atoms with Crippen LogP contribution >= 0.6 is 23.1 Å². The lowest BCUT2D eigenvalue weighted by Crippen LogP contribution is -2.14. The Bertz CT molecular complexity index is 872. The first-order chi connectivity index (χ1) is 11.5. The molecule has 0 spiro atoms. The predicted molar refractivity (Wildman–Crippen MR) is 95.2 cm³/mol. The molecule has 3 aromatic rings. The van der Waals surface area contributed by atoms with Gasteiger partial charge in [0.15, 0.2) is 11.0 Å². The van der Waals surface area contributed by atoms with E-state index in [4.69, 9.17) is 0 Å². The van der Waals surface area contributed by atoms with Gasteiger partial charge in [0.1, 0.15) is 5.01 Å². The third-order valence-corrected chi connectivity index (χ3v) is 5.10. The molecular formula is C15H16N6OS2. The van der Waals surface area contributed by atoms with Crippen LogP contribution in [0.1, 0.15) is 10.6 Å². The van der Waals surface area contributed by atoms with Gasteiger partial charge in [-0.2, -0.15) is 0 Å². The summed E-state index contributed by atoms with van der Waals surface area (Å²) in [6.07, 6.45) is 0. The Hall–Kier alpha value is -2.26. The largest absolute Gasteiger partial charge is 0.305 e. The number of rotatable bonds is 5. The number of benzene rings is 1. The van der Waals surface area contributed by atoms with Gasteiger partial charge in [0.25, 0.3) is 0 Å². The number of aromatic nitrogens is 5. The summed E-state index contributed by atoms with van der Waals surface area (Å²) in [6, 6.07) is 8.01. The highest BCUT2D eigenvalue weighted by Gasteiger charge is 2.14. The van der Waals surface area contributed by atoms with Crippen LogP contribution in [0.5, 0.6) is 0 Å². The molecule has 0 aliphatic carbocycles. The van der Waals surface area contributed by atoms with E-state index in [1.54, 1.807) is 0 Å². The summed E-state index contributed by atoms with van der Waals surface area (Å²) in [5.74, 6) is 0.880. The first-order valence-corrected chi connectivity index (χ1v) is 9.03. The number of thioether (sulfide) groups is 1. The molecular weight excluding hydrogens is 344 g/mol. The molecule has 0 aliphatic heterocycles. The highest BCUT2D eigenvalue weighted by molar-refractivity contribution is 7.99. The summed E-state index contributed by atoms with van der Waals surface area (Å²) in [5.41, 5.74) is 2.17. The fourth-order valence-electron chi connectivity index (χ4n) is 2.13. The van der Waals surface area contributed by atoms with Crippen LogP contribution in [0.2, 0.25) is 0 Å². The number of anilines is 1. The Morgan fingerprint density at radius 2 is 2.00 bits per heavy atom. The first-order valence-electron chi connectivity index (χ1n) is 7.22. The number of aryl methyl sites for hydroxylation is 2. The van der Waals surface area contributed by atoms with Crippen LogP contribution in [0.25, 0.3) is 11.4 Å². The number of carbonyl (C=O) groups is 1. The molecule has 0 fully saturated rings. The van der Waals surface area contributed by atoms with E-state index in [0.717, 1.165) is 22.0 Å². The quantitative estimate of drug-likeness (QED) is 0.704. The number of hydrogen-bond acceptors (Lipinski definition) is 7. The molecule has 24 heavy (non-hydrogen) atoms. The topological polar surface area (TPSA) is 85.6 Å². The Balaban J connectivity index is 1.66. The van der Waals surface area contributed by atoms with Crippen LogP contribution in [-0.2, 0) is 11.8 Å². The number of carbonyl (C=O) groups excluding carboxylic acids is 1. The third-order valence-electron chi connectivity index (χ3n) is 3.33. The van der Waals surface area contributed by atoms with Crippen LogP contribution in [-0.4, -0.2) is 36.6 Å². The molecule has 124 valence electrons. The molecule has 1 N–H and O–H groups in total. The van der Waals surface area contributed by atoms with E-state index in [1.165, 1.54) is 23.1 Å². The average molecular weight is 360 g/mol. The van der Waals surface area contributed by atoms with E-state index in [0.29, 0.717) is 10.3 Å². The molecule has 0 saturated carbocycles. The van der Waals surface area contributed by atoms with Crippen LogP contribution in [0.3, 0.4) is 0 Å². The molecule has 0 saturated heterocycles. The Morgan fingerprint density at radius 3 is 2.71 bits per heavy atom. The molecule has 3 rings (SSSR count). The third kappa shape index (κ3) is 3.62. The van der Waals surface area contributed by atoms with E-state index in [9.17, 15) is 4.79 Å². The summed E-state index contributed by atoms with van der Waals surface area (Å²) < 4.78 is 1.90. The molecule has 2 heterocycles. The second-order valence-electron chi connectivity index (χ2n) is 5.14. The lowest BCUT2D eigenvalue weighted by molar-refractivity contribution is -0.113. The molecule has 9 heteroatoms. The van der Waals surface area contributed by atoms with Crippen LogP contribution in [0.4, 0.5) is 5.13 Å². The number of nitrogens with zero attached hydrogens (tertiary/aromatic N) is 5. The Morgan fingerprint density at radius 1 is 1.21 bits per heavy atom. The zero-order valence-corrected chi connectivity index (χ0v) is 15.1. The first kappa shape index (κ1) is 16.6. The zero-order valence-electron chi connectivity index (χ0n) is 13.5. The summed E-state index contributed by atoms with van der Waals surface area (Å²) in [4.78, 5) is 12.0. The van der Waals surface area contributed by atoms with Crippen molar-refractivity contribution in [3.05, 3.63) is 34.8 Å². The summed E-state index contributed by atoms with van der Waals surface area (Å²) >= 11 is 2.68. The Labute approximate surface area is 147 Å². The van der Waals surface area contributed by atoms with Crippen molar-refractivity contribution >= 4 is 34.1 Å². The van der Waals surface area contributed by atoms with E-state index in [-0.39, 0.29) is 11.7 Å². The fourth-order valence-corrected chi connectivity index (χ4v) is 3.45. The van der Waals surface area contributed by atoms with Gasteiger partial charge in [-0.3, -0.25) is 10.1 Å². The van der Waals surface area contributed by atoms with E-state index >= 15 is 0 Å². The van der Waals surface area contributed by atoms with Crippen LogP contribution in [0, 0.1) is 13.8 Å². The van der Waals surface area contributed by atoms with E-state index in [2.05, 4.69) is 25.7 Å². The van der Waals surface area contributed by atoms with Crippen molar-refractivity contribution in [2.75, 3.05) is 11.1 Å². The van der Waals surface area contributed by atoms with Crippen molar-refractivity contribution in [1.29, 1.82) is 0 Å². The molecule has 0 atom stereocenters. The second kappa shape index (κ2) is 7.10. The molecule has 0 aliphatic rings. The smallest absolute Gasteiger partial charge is 0.236 e. The zero-order chi connectivity index (χ0) is 17.1. The van der Waals surface area contributed by atoms with Crippen molar-refractivity contribution < 1.29 is 4.79 Å². The molecule has 0 radical (unpaired) electrons. The highest BCUT2D eigenvalue weighted by atomic mass is 32.2. The molecule has 7 nitrogen and oxygen atoms in total. The van der Waals surface area contributed by atoms with Crippen molar-refractivity contribution in [2.24, 2.45) is 7.05 Å². The van der Waals surface area contributed by atoms with Gasteiger partial charge in [0.05, 0.1) is 5.75 Å². The van der Waals surface area contributed by atoms with Gasteiger partial charge >= 0.3 is 0 Å².